The first kappa shape index (κ1) is 17.4. The van der Waals surface area contributed by atoms with E-state index >= 15 is 0 Å². The third-order valence-corrected chi connectivity index (χ3v) is 6.53. The van der Waals surface area contributed by atoms with Crippen molar-refractivity contribution >= 4 is 17.5 Å². The first-order valence-electron chi connectivity index (χ1n) is 10.0. The first-order chi connectivity index (χ1) is 13.6. The standard InChI is InChI=1S/C21H25N5O2/c1-24-17-5-3-2-4-15(17)21(20(24)28)7-11-25(12-8-21)19(27)16-14-26-13-10-22-9-6-18(26)23-16/h2-5,14,22H,6-13H2,1H3. The molecule has 1 saturated heterocycles. The van der Waals surface area contributed by atoms with E-state index in [-0.39, 0.29) is 11.8 Å². The maximum absolute atomic E-state index is 13.1. The zero-order valence-corrected chi connectivity index (χ0v) is 16.1. The summed E-state index contributed by atoms with van der Waals surface area (Å²) in [7, 11) is 1.85. The van der Waals surface area contributed by atoms with Gasteiger partial charge in [0, 0.05) is 58.1 Å². The number of hydrogen-bond donors (Lipinski definition) is 1. The number of hydrogen-bond acceptors (Lipinski definition) is 4. The minimum Gasteiger partial charge on any atom is -0.337 e. The van der Waals surface area contributed by atoms with Crippen LogP contribution in [0.3, 0.4) is 0 Å². The fourth-order valence-electron chi connectivity index (χ4n) is 4.93. The zero-order valence-electron chi connectivity index (χ0n) is 16.1. The van der Waals surface area contributed by atoms with Crippen molar-refractivity contribution in [1.29, 1.82) is 0 Å². The minimum absolute atomic E-state index is 0.0181. The number of anilines is 1. The molecule has 3 aliphatic heterocycles. The third-order valence-electron chi connectivity index (χ3n) is 6.53. The van der Waals surface area contributed by atoms with Gasteiger partial charge in [-0.1, -0.05) is 18.2 Å². The fourth-order valence-corrected chi connectivity index (χ4v) is 4.93. The molecule has 1 fully saturated rings. The Hall–Kier alpha value is -2.67. The van der Waals surface area contributed by atoms with Crippen LogP contribution in [0, 0.1) is 0 Å². The van der Waals surface area contributed by atoms with Gasteiger partial charge >= 0.3 is 0 Å². The number of aromatic nitrogens is 2. The summed E-state index contributed by atoms with van der Waals surface area (Å²) in [6.07, 6.45) is 4.06. The number of piperidine rings is 1. The van der Waals surface area contributed by atoms with Crippen LogP contribution in [0.4, 0.5) is 5.69 Å². The van der Waals surface area contributed by atoms with Gasteiger partial charge in [-0.05, 0) is 24.5 Å². The predicted octanol–water partition coefficient (Wildman–Crippen LogP) is 1.18. The molecule has 3 aliphatic rings. The van der Waals surface area contributed by atoms with Crippen LogP contribution in [0.1, 0.15) is 34.7 Å². The summed E-state index contributed by atoms with van der Waals surface area (Å²) in [6.45, 7) is 3.80. The number of likely N-dealkylation sites (N-methyl/N-ethyl adjacent to an activating group) is 1. The molecular formula is C21H25N5O2. The highest BCUT2D eigenvalue weighted by Gasteiger charge is 2.51. The van der Waals surface area contributed by atoms with Gasteiger partial charge in [0.25, 0.3) is 5.91 Å². The predicted molar refractivity (Wildman–Crippen MR) is 105 cm³/mol. The van der Waals surface area contributed by atoms with E-state index in [1.54, 1.807) is 4.90 Å². The molecule has 0 aliphatic carbocycles. The highest BCUT2D eigenvalue weighted by Crippen LogP contribution is 2.47. The van der Waals surface area contributed by atoms with Crippen LogP contribution in [0.25, 0.3) is 0 Å². The lowest BCUT2D eigenvalue weighted by atomic mass is 9.73. The number of benzene rings is 1. The average Bonchev–Trinajstić information content (AvgIpc) is 3.12. The molecule has 1 aromatic carbocycles. The van der Waals surface area contributed by atoms with Gasteiger partial charge in [-0.3, -0.25) is 9.59 Å². The number of para-hydroxylation sites is 1. The van der Waals surface area contributed by atoms with Crippen molar-refractivity contribution in [2.75, 3.05) is 38.1 Å². The van der Waals surface area contributed by atoms with Crippen LogP contribution >= 0.6 is 0 Å². The molecule has 2 aromatic rings. The molecule has 0 radical (unpaired) electrons. The molecular weight excluding hydrogens is 354 g/mol. The number of carbonyl (C=O) groups excluding carboxylic acids is 2. The van der Waals surface area contributed by atoms with Gasteiger partial charge in [-0.25, -0.2) is 4.98 Å². The van der Waals surface area contributed by atoms with Crippen molar-refractivity contribution in [2.45, 2.75) is 31.2 Å². The maximum atomic E-state index is 13.1. The Morgan fingerprint density at radius 1 is 1.14 bits per heavy atom. The molecule has 4 heterocycles. The molecule has 0 unspecified atom stereocenters. The van der Waals surface area contributed by atoms with Gasteiger partial charge in [0.1, 0.15) is 11.5 Å². The second kappa shape index (κ2) is 6.44. The van der Waals surface area contributed by atoms with E-state index < -0.39 is 5.41 Å². The van der Waals surface area contributed by atoms with Crippen LogP contribution in [-0.4, -0.2) is 59.5 Å². The van der Waals surface area contributed by atoms with Gasteiger partial charge in [0.05, 0.1) is 5.41 Å². The lowest BCUT2D eigenvalue weighted by molar-refractivity contribution is -0.124. The fraction of sp³-hybridized carbons (Fsp3) is 0.476. The third kappa shape index (κ3) is 2.49. The van der Waals surface area contributed by atoms with Gasteiger partial charge in [0.2, 0.25) is 5.91 Å². The van der Waals surface area contributed by atoms with Crippen molar-refractivity contribution < 1.29 is 9.59 Å². The Labute approximate surface area is 164 Å². The number of likely N-dealkylation sites (tertiary alicyclic amines) is 1. The van der Waals surface area contributed by atoms with E-state index in [4.69, 9.17) is 0 Å². The first-order valence-corrected chi connectivity index (χ1v) is 10.0. The molecule has 1 aromatic heterocycles. The van der Waals surface area contributed by atoms with Crippen molar-refractivity contribution in [3.05, 3.63) is 47.5 Å². The zero-order chi connectivity index (χ0) is 19.3. The summed E-state index contributed by atoms with van der Waals surface area (Å²) >= 11 is 0. The molecule has 7 nitrogen and oxygen atoms in total. The van der Waals surface area contributed by atoms with Crippen molar-refractivity contribution in [2.24, 2.45) is 0 Å². The van der Waals surface area contributed by atoms with Gasteiger partial charge in [0.15, 0.2) is 0 Å². The Morgan fingerprint density at radius 2 is 1.93 bits per heavy atom. The average molecular weight is 379 g/mol. The Morgan fingerprint density at radius 3 is 2.75 bits per heavy atom. The van der Waals surface area contributed by atoms with Crippen molar-refractivity contribution in [3.8, 4) is 0 Å². The van der Waals surface area contributed by atoms with Crippen molar-refractivity contribution in [1.82, 2.24) is 19.8 Å². The van der Waals surface area contributed by atoms with Crippen LogP contribution < -0.4 is 10.2 Å². The SMILES string of the molecule is CN1C(=O)C2(CCN(C(=O)c3cn4c(n3)CCNCC4)CC2)c2ccccc21. The molecule has 2 amide bonds. The van der Waals surface area contributed by atoms with E-state index in [9.17, 15) is 9.59 Å². The number of rotatable bonds is 1. The Balaban J connectivity index is 1.35. The molecule has 1 spiro atoms. The Bertz CT molecular complexity index is 919. The number of fused-ring (bicyclic) bond motifs is 3. The molecule has 146 valence electrons. The second-order valence-electron chi connectivity index (χ2n) is 7.99. The monoisotopic (exact) mass is 379 g/mol. The van der Waals surface area contributed by atoms with Gasteiger partial charge < -0.3 is 19.7 Å². The largest absolute Gasteiger partial charge is 0.337 e. The van der Waals surface area contributed by atoms with Gasteiger partial charge in [-0.2, -0.15) is 0 Å². The van der Waals surface area contributed by atoms with Gasteiger partial charge in [-0.15, -0.1) is 0 Å². The highest BCUT2D eigenvalue weighted by molar-refractivity contribution is 6.08. The molecule has 5 rings (SSSR count). The van der Waals surface area contributed by atoms with Crippen molar-refractivity contribution in [3.63, 3.8) is 0 Å². The number of nitrogens with zero attached hydrogens (tertiary/aromatic N) is 4. The summed E-state index contributed by atoms with van der Waals surface area (Å²) in [5, 5.41) is 3.34. The molecule has 0 atom stereocenters. The lowest BCUT2D eigenvalue weighted by Gasteiger charge is -2.38. The van der Waals surface area contributed by atoms with Crippen LogP contribution in [0.5, 0.6) is 0 Å². The van der Waals surface area contributed by atoms with E-state index in [0.29, 0.717) is 31.6 Å². The van der Waals surface area contributed by atoms with E-state index in [0.717, 1.165) is 43.1 Å². The normalized spacial score (nSPS) is 20.8. The summed E-state index contributed by atoms with van der Waals surface area (Å²) in [4.78, 5) is 34.3. The van der Waals surface area contributed by atoms with E-state index in [2.05, 4.69) is 20.9 Å². The summed E-state index contributed by atoms with van der Waals surface area (Å²) < 4.78 is 2.09. The quantitative estimate of drug-likeness (QED) is 0.808. The summed E-state index contributed by atoms with van der Waals surface area (Å²) in [5.74, 6) is 1.11. The molecule has 1 N–H and O–H groups in total. The second-order valence-corrected chi connectivity index (χ2v) is 7.99. The number of carbonyl (C=O) groups is 2. The van der Waals surface area contributed by atoms with Crippen LogP contribution in [0.2, 0.25) is 0 Å². The summed E-state index contributed by atoms with van der Waals surface area (Å²) in [6, 6.07) is 8.04. The molecule has 0 saturated carbocycles. The molecule has 7 heteroatoms. The summed E-state index contributed by atoms with van der Waals surface area (Å²) in [5.41, 5.74) is 2.15. The number of imidazole rings is 1. The topological polar surface area (TPSA) is 70.5 Å². The highest BCUT2D eigenvalue weighted by atomic mass is 16.2. The smallest absolute Gasteiger partial charge is 0.274 e. The maximum Gasteiger partial charge on any atom is 0.274 e. The van der Waals surface area contributed by atoms with Crippen LogP contribution in [0.15, 0.2) is 30.5 Å². The lowest BCUT2D eigenvalue weighted by Crippen LogP contribution is -2.49. The number of amides is 2. The van der Waals surface area contributed by atoms with E-state index in [1.165, 1.54) is 0 Å². The Kier molecular flexibility index (Phi) is 4.01. The molecule has 28 heavy (non-hydrogen) atoms. The van der Waals surface area contributed by atoms with E-state index in [1.807, 2.05) is 36.3 Å². The van der Waals surface area contributed by atoms with Crippen LogP contribution in [-0.2, 0) is 23.2 Å². The molecule has 0 bridgehead atoms. The number of nitrogens with one attached hydrogen (secondary N) is 1. The minimum atomic E-state index is -0.487.